The van der Waals surface area contributed by atoms with E-state index in [1.807, 2.05) is 30.3 Å². The predicted octanol–water partition coefficient (Wildman–Crippen LogP) is -0.934. The number of nitrogens with zero attached hydrogens (tertiary/aromatic N) is 1. The number of amides is 4. The molecule has 0 aliphatic carbocycles. The maximum atomic E-state index is 12.5. The molecule has 2 atom stereocenters. The van der Waals surface area contributed by atoms with Gasteiger partial charge in [-0.3, -0.25) is 19.2 Å². The van der Waals surface area contributed by atoms with Crippen LogP contribution in [0.25, 0.3) is 0 Å². The van der Waals surface area contributed by atoms with Crippen molar-refractivity contribution >= 4 is 23.6 Å². The lowest BCUT2D eigenvalue weighted by molar-refractivity contribution is -0.139. The summed E-state index contributed by atoms with van der Waals surface area (Å²) in [7, 11) is 0. The molecule has 0 saturated carbocycles. The number of hydrogen-bond acceptors (Lipinski definition) is 4. The van der Waals surface area contributed by atoms with E-state index in [2.05, 4.69) is 5.32 Å². The van der Waals surface area contributed by atoms with Gasteiger partial charge in [-0.1, -0.05) is 30.3 Å². The Bertz CT molecular complexity index is 662. The smallest absolute Gasteiger partial charge is 0.243 e. The van der Waals surface area contributed by atoms with E-state index in [1.165, 1.54) is 4.90 Å². The van der Waals surface area contributed by atoms with Crippen LogP contribution in [0.5, 0.6) is 0 Å². The zero-order chi connectivity index (χ0) is 18.4. The number of primary amides is 2. The van der Waals surface area contributed by atoms with Crippen LogP contribution in [-0.2, 0) is 25.6 Å². The summed E-state index contributed by atoms with van der Waals surface area (Å²) < 4.78 is 0. The first-order valence-electron chi connectivity index (χ1n) is 8.10. The van der Waals surface area contributed by atoms with E-state index >= 15 is 0 Å². The van der Waals surface area contributed by atoms with Gasteiger partial charge in [-0.05, 0) is 18.4 Å². The largest absolute Gasteiger partial charge is 0.370 e. The zero-order valence-electron chi connectivity index (χ0n) is 13.8. The van der Waals surface area contributed by atoms with E-state index in [0.29, 0.717) is 19.4 Å². The first kappa shape index (κ1) is 18.4. The molecule has 8 heteroatoms. The minimum atomic E-state index is -1.17. The van der Waals surface area contributed by atoms with Crippen LogP contribution < -0.4 is 16.8 Å². The summed E-state index contributed by atoms with van der Waals surface area (Å²) in [6.07, 6.45) is 1.01. The molecule has 1 aromatic carbocycles. The molecule has 0 unspecified atom stereocenters. The van der Waals surface area contributed by atoms with Gasteiger partial charge in [0.05, 0.1) is 12.8 Å². The van der Waals surface area contributed by atoms with Gasteiger partial charge in [-0.2, -0.15) is 0 Å². The molecule has 1 heterocycles. The Kier molecular flexibility index (Phi) is 6.10. The molecule has 4 amide bonds. The molecule has 1 aliphatic rings. The fraction of sp³-hybridized carbons (Fsp3) is 0.412. The molecule has 0 radical (unpaired) electrons. The Labute approximate surface area is 145 Å². The maximum Gasteiger partial charge on any atom is 0.243 e. The lowest BCUT2D eigenvalue weighted by Gasteiger charge is -2.25. The highest BCUT2D eigenvalue weighted by Crippen LogP contribution is 2.19. The lowest BCUT2D eigenvalue weighted by atomic mass is 10.1. The molecule has 0 aromatic heterocycles. The van der Waals surface area contributed by atoms with E-state index < -0.39 is 29.8 Å². The number of carbonyl (C=O) groups is 4. The third kappa shape index (κ3) is 5.03. The average Bonchev–Trinajstić information content (AvgIpc) is 3.04. The quantitative estimate of drug-likeness (QED) is 0.587. The minimum Gasteiger partial charge on any atom is -0.370 e. The van der Waals surface area contributed by atoms with Crippen LogP contribution in [0.4, 0.5) is 0 Å². The van der Waals surface area contributed by atoms with Crippen molar-refractivity contribution in [2.24, 2.45) is 11.5 Å². The molecule has 134 valence electrons. The number of carbonyl (C=O) groups excluding carboxylic acids is 4. The van der Waals surface area contributed by atoms with Crippen LogP contribution in [0.15, 0.2) is 30.3 Å². The Hall–Kier alpha value is -2.90. The summed E-state index contributed by atoms with van der Waals surface area (Å²) in [4.78, 5) is 48.8. The second-order valence-corrected chi connectivity index (χ2v) is 6.04. The summed E-state index contributed by atoms with van der Waals surface area (Å²) in [5.74, 6) is -2.24. The summed E-state index contributed by atoms with van der Waals surface area (Å²) in [5, 5.41) is 2.43. The van der Waals surface area contributed by atoms with E-state index in [1.54, 1.807) is 0 Å². The van der Waals surface area contributed by atoms with Crippen molar-refractivity contribution in [2.45, 2.75) is 37.8 Å². The van der Waals surface area contributed by atoms with Crippen LogP contribution >= 0.6 is 0 Å². The van der Waals surface area contributed by atoms with E-state index in [9.17, 15) is 19.2 Å². The van der Waals surface area contributed by atoms with Gasteiger partial charge in [-0.25, -0.2) is 0 Å². The molecule has 1 fully saturated rings. The molecule has 25 heavy (non-hydrogen) atoms. The van der Waals surface area contributed by atoms with Crippen LogP contribution in [0.1, 0.15) is 24.8 Å². The van der Waals surface area contributed by atoms with Gasteiger partial charge in [0.1, 0.15) is 12.1 Å². The number of nitrogens with two attached hydrogens (primary N) is 2. The van der Waals surface area contributed by atoms with Gasteiger partial charge in [0.25, 0.3) is 0 Å². The summed E-state index contributed by atoms with van der Waals surface area (Å²) >= 11 is 0. The minimum absolute atomic E-state index is 0.158. The second-order valence-electron chi connectivity index (χ2n) is 6.04. The third-order valence-corrected chi connectivity index (χ3v) is 4.14. The number of hydrogen-bond donors (Lipinski definition) is 3. The number of nitrogens with one attached hydrogen (secondary N) is 1. The first-order valence-corrected chi connectivity index (χ1v) is 8.10. The summed E-state index contributed by atoms with van der Waals surface area (Å²) in [5.41, 5.74) is 11.1. The third-order valence-electron chi connectivity index (χ3n) is 4.14. The Morgan fingerprint density at radius 3 is 2.44 bits per heavy atom. The van der Waals surface area contributed by atoms with Crippen molar-refractivity contribution in [1.82, 2.24) is 10.2 Å². The monoisotopic (exact) mass is 346 g/mol. The normalized spacial score (nSPS) is 17.8. The van der Waals surface area contributed by atoms with Crippen molar-refractivity contribution in [1.29, 1.82) is 0 Å². The molecule has 5 N–H and O–H groups in total. The highest BCUT2D eigenvalue weighted by atomic mass is 16.2. The van der Waals surface area contributed by atoms with E-state index in [0.717, 1.165) is 5.56 Å². The summed E-state index contributed by atoms with van der Waals surface area (Å²) in [6.45, 7) is 0.473. The zero-order valence-corrected chi connectivity index (χ0v) is 13.8. The van der Waals surface area contributed by atoms with Crippen LogP contribution in [0.2, 0.25) is 0 Å². The Morgan fingerprint density at radius 1 is 1.16 bits per heavy atom. The van der Waals surface area contributed by atoms with Gasteiger partial charge in [0.2, 0.25) is 23.6 Å². The van der Waals surface area contributed by atoms with Crippen molar-refractivity contribution in [3.05, 3.63) is 35.9 Å². The second kappa shape index (κ2) is 8.27. The number of likely N-dealkylation sites (tertiary alicyclic amines) is 1. The molecule has 1 aliphatic heterocycles. The summed E-state index contributed by atoms with van der Waals surface area (Å²) in [6, 6.07) is 7.40. The van der Waals surface area contributed by atoms with Gasteiger partial charge >= 0.3 is 0 Å². The fourth-order valence-corrected chi connectivity index (χ4v) is 2.90. The lowest BCUT2D eigenvalue weighted by Crippen LogP contribution is -2.53. The molecule has 1 aromatic rings. The van der Waals surface area contributed by atoms with Crippen LogP contribution in [-0.4, -0.2) is 47.2 Å². The van der Waals surface area contributed by atoms with Crippen LogP contribution in [0.3, 0.4) is 0 Å². The number of benzene rings is 1. The number of rotatable bonds is 7. The standard InChI is InChI=1S/C17H22N4O4/c18-14(22)10-12(16(19)24)20-17(25)13-7-4-8-21(13)15(23)9-11-5-2-1-3-6-11/h1-3,5-6,12-13H,4,7-10H2,(H2,18,22)(H2,19,24)(H,20,25)/t12-,13-/m0/s1. The average molecular weight is 346 g/mol. The fourth-order valence-electron chi connectivity index (χ4n) is 2.90. The molecule has 0 bridgehead atoms. The SMILES string of the molecule is NC(=O)C[C@H](NC(=O)[C@@H]1CCCN1C(=O)Cc1ccccc1)C(N)=O. The molecule has 1 saturated heterocycles. The van der Waals surface area contributed by atoms with Crippen molar-refractivity contribution < 1.29 is 19.2 Å². The van der Waals surface area contributed by atoms with Gasteiger partial charge in [-0.15, -0.1) is 0 Å². The Balaban J connectivity index is 2.01. The molecule has 2 rings (SSSR count). The van der Waals surface area contributed by atoms with Crippen molar-refractivity contribution in [3.8, 4) is 0 Å². The molecule has 0 spiro atoms. The highest BCUT2D eigenvalue weighted by molar-refractivity contribution is 5.94. The predicted molar refractivity (Wildman–Crippen MR) is 89.8 cm³/mol. The van der Waals surface area contributed by atoms with Crippen molar-refractivity contribution in [2.75, 3.05) is 6.54 Å². The van der Waals surface area contributed by atoms with Gasteiger partial charge in [0, 0.05) is 6.54 Å². The highest BCUT2D eigenvalue weighted by Gasteiger charge is 2.35. The topological polar surface area (TPSA) is 136 Å². The van der Waals surface area contributed by atoms with Crippen LogP contribution in [0, 0.1) is 0 Å². The maximum absolute atomic E-state index is 12.5. The first-order chi connectivity index (χ1) is 11.9. The molecule has 8 nitrogen and oxygen atoms in total. The van der Waals surface area contributed by atoms with E-state index in [-0.39, 0.29) is 18.7 Å². The molecular formula is C17H22N4O4. The molecular weight excluding hydrogens is 324 g/mol. The van der Waals surface area contributed by atoms with Gasteiger partial charge in [0.15, 0.2) is 0 Å². The Morgan fingerprint density at radius 2 is 1.84 bits per heavy atom. The van der Waals surface area contributed by atoms with Crippen molar-refractivity contribution in [3.63, 3.8) is 0 Å². The van der Waals surface area contributed by atoms with Gasteiger partial charge < -0.3 is 21.7 Å². The van der Waals surface area contributed by atoms with E-state index in [4.69, 9.17) is 11.5 Å².